The Morgan fingerprint density at radius 1 is 0.789 bits per heavy atom. The molecule has 0 radical (unpaired) electrons. The third-order valence-corrected chi connectivity index (χ3v) is 7.72. The molecular weight excluding hydrogens is 550 g/mol. The van der Waals surface area contributed by atoms with E-state index < -0.39 is 10.2 Å². The van der Waals surface area contributed by atoms with E-state index in [-0.39, 0.29) is 16.5 Å². The van der Waals surface area contributed by atoms with E-state index in [0.717, 1.165) is 50.4 Å². The molecule has 3 N–H and O–H groups in total. The minimum atomic E-state index is -4.19. The van der Waals surface area contributed by atoms with Gasteiger partial charge in [-0.3, -0.25) is 0 Å². The Morgan fingerprint density at radius 3 is 1.55 bits per heavy atom. The summed E-state index contributed by atoms with van der Waals surface area (Å²) in [7, 11) is -4.19. The van der Waals surface area contributed by atoms with Gasteiger partial charge < -0.3 is 21.3 Å². The van der Waals surface area contributed by atoms with Gasteiger partial charge in [0.1, 0.15) is 0 Å². The van der Waals surface area contributed by atoms with Crippen LogP contribution in [0, 0.1) is 28.0 Å². The molecule has 226 valence electrons. The third-order valence-electron chi connectivity index (χ3n) is 7.72. The summed E-state index contributed by atoms with van der Waals surface area (Å²) in [6, 6.07) is 1.89. The van der Waals surface area contributed by atoms with Gasteiger partial charge in [0.05, 0.1) is 0 Å². The van der Waals surface area contributed by atoms with Gasteiger partial charge in [-0.2, -0.15) is 5.70 Å². The van der Waals surface area contributed by atoms with Gasteiger partial charge in [-0.1, -0.05) is 103 Å². The van der Waals surface area contributed by atoms with Crippen LogP contribution in [0.1, 0.15) is 91.9 Å². The second kappa shape index (κ2) is 19.0. The molecule has 0 aromatic carbocycles. The average molecular weight is 602 g/mol. The Bertz CT molecular complexity index is 679. The SMILES string of the molecule is CC1=CC[N-]C(CCC2CC(C)CC[N-]2)=C1.CC1CC[N-]C(CCC2CC(C)CC[N-]2)C1.[Ni+2].[O-][Cl+](O)(O)O. The number of halogens is 1. The van der Waals surface area contributed by atoms with Crippen molar-refractivity contribution in [3.05, 3.63) is 44.7 Å². The second-order valence-corrected chi connectivity index (χ2v) is 12.4. The van der Waals surface area contributed by atoms with Crippen LogP contribution in [0.15, 0.2) is 23.4 Å². The van der Waals surface area contributed by atoms with E-state index in [1.165, 1.54) is 69.1 Å². The number of piperidine rings is 3. The van der Waals surface area contributed by atoms with Gasteiger partial charge in [-0.05, 0) is 24.7 Å². The molecule has 0 saturated carbocycles. The topological polar surface area (TPSA) is 140 Å². The van der Waals surface area contributed by atoms with E-state index in [1.54, 1.807) is 0 Å². The number of rotatable bonds is 6. The van der Waals surface area contributed by atoms with Crippen molar-refractivity contribution >= 4 is 0 Å². The molecule has 4 rings (SSSR count). The van der Waals surface area contributed by atoms with E-state index in [4.69, 9.17) is 34.6 Å². The molecular formula is C28H51ClN4NiO4-2. The Kier molecular flexibility index (Phi) is 17.9. The van der Waals surface area contributed by atoms with Crippen LogP contribution in [0.2, 0.25) is 0 Å². The van der Waals surface area contributed by atoms with Crippen molar-refractivity contribution in [3.8, 4) is 0 Å². The molecule has 6 atom stereocenters. The van der Waals surface area contributed by atoms with Gasteiger partial charge in [-0.25, -0.2) is 0 Å². The normalized spacial score (nSPS) is 32.0. The molecule has 3 saturated heterocycles. The van der Waals surface area contributed by atoms with Crippen molar-refractivity contribution in [1.82, 2.24) is 0 Å². The zero-order chi connectivity index (χ0) is 27.3. The van der Waals surface area contributed by atoms with Gasteiger partial charge >= 0.3 is 45.4 Å². The molecule has 10 heteroatoms. The van der Waals surface area contributed by atoms with Crippen LogP contribution in [0.4, 0.5) is 0 Å². The van der Waals surface area contributed by atoms with Gasteiger partial charge in [0, 0.05) is 0 Å². The van der Waals surface area contributed by atoms with Crippen molar-refractivity contribution in [2.75, 3.05) is 26.2 Å². The van der Waals surface area contributed by atoms with Crippen molar-refractivity contribution in [3.63, 3.8) is 0 Å². The predicted octanol–water partition coefficient (Wildman–Crippen LogP) is 5.40. The fraction of sp³-hybridized carbons (Fsp3) is 0.857. The number of allylic oxidation sites excluding steroid dienone is 3. The van der Waals surface area contributed by atoms with Crippen molar-refractivity contribution < 1.29 is 45.4 Å². The maximum absolute atomic E-state index is 8.83. The van der Waals surface area contributed by atoms with Crippen molar-refractivity contribution in [2.45, 2.75) is 110 Å². The van der Waals surface area contributed by atoms with E-state index in [0.29, 0.717) is 18.1 Å². The van der Waals surface area contributed by atoms with Crippen LogP contribution in [0.25, 0.3) is 21.3 Å². The third kappa shape index (κ3) is 17.5. The molecule has 4 aliphatic rings. The predicted molar refractivity (Wildman–Crippen MR) is 146 cm³/mol. The van der Waals surface area contributed by atoms with Crippen LogP contribution < -0.4 is 4.66 Å². The Labute approximate surface area is 243 Å². The van der Waals surface area contributed by atoms with E-state index in [1.807, 2.05) is 0 Å². The molecule has 0 spiro atoms. The van der Waals surface area contributed by atoms with E-state index >= 15 is 0 Å². The molecule has 0 bridgehead atoms. The van der Waals surface area contributed by atoms with E-state index in [9.17, 15) is 0 Å². The van der Waals surface area contributed by atoms with Crippen molar-refractivity contribution in [2.24, 2.45) is 17.8 Å². The molecule has 0 aromatic heterocycles. The van der Waals surface area contributed by atoms with Crippen LogP contribution in [0.5, 0.6) is 0 Å². The number of hydrogen-bond donors (Lipinski definition) is 3. The van der Waals surface area contributed by atoms with Crippen LogP contribution in [0.3, 0.4) is 0 Å². The quantitative estimate of drug-likeness (QED) is 0.350. The Hall–Kier alpha value is -0.216. The van der Waals surface area contributed by atoms with Crippen LogP contribution >= 0.6 is 0 Å². The summed E-state index contributed by atoms with van der Waals surface area (Å²) in [5, 5.41) is 18.7. The zero-order valence-electron chi connectivity index (χ0n) is 23.8. The number of nitrogens with zero attached hydrogens (tertiary/aromatic N) is 4. The Morgan fingerprint density at radius 2 is 1.18 bits per heavy atom. The molecule has 38 heavy (non-hydrogen) atoms. The molecule has 3 fully saturated rings. The summed E-state index contributed by atoms with van der Waals surface area (Å²) in [4.78, 5) is 0. The Balaban J connectivity index is 0.000000317. The number of hydrogen-bond acceptors (Lipinski definition) is 4. The summed E-state index contributed by atoms with van der Waals surface area (Å²) in [5.41, 5.74) is 2.63. The molecule has 6 unspecified atom stereocenters. The fourth-order valence-electron chi connectivity index (χ4n) is 5.56. The van der Waals surface area contributed by atoms with Crippen LogP contribution in [-0.4, -0.2) is 58.3 Å². The molecule has 4 aliphatic heterocycles. The van der Waals surface area contributed by atoms with Gasteiger partial charge in [0.15, 0.2) is 0 Å². The standard InChI is InChI=1S/C14H26N2.C14H22N2.ClH3O4.Ni/c2*1-11-5-7-15-13(9-11)3-4-14-10-12(2)6-8-16-14;2-1(3,4)5;/h11-14H,3-10H2,1-2H3;5,9,12,14H,3-4,6-8,10H2,1-2H3;2-4H;/q2*-2;;+2. The van der Waals surface area contributed by atoms with Gasteiger partial charge in [-0.15, -0.1) is 44.3 Å². The molecule has 8 nitrogen and oxygen atoms in total. The average Bonchev–Trinajstić information content (AvgIpc) is 2.81. The van der Waals surface area contributed by atoms with Crippen molar-refractivity contribution in [1.29, 1.82) is 0 Å². The van der Waals surface area contributed by atoms with Gasteiger partial charge in [0.2, 0.25) is 0 Å². The maximum atomic E-state index is 8.83. The summed E-state index contributed by atoms with van der Waals surface area (Å²) in [5.74, 6) is 2.65. The summed E-state index contributed by atoms with van der Waals surface area (Å²) in [6.07, 6.45) is 17.1. The van der Waals surface area contributed by atoms with Crippen LogP contribution in [-0.2, 0) is 16.5 Å². The molecule has 4 heterocycles. The second-order valence-electron chi connectivity index (χ2n) is 11.5. The first-order chi connectivity index (χ1) is 17.5. The summed E-state index contributed by atoms with van der Waals surface area (Å²) < 4.78 is 30.2. The first-order valence-corrected chi connectivity index (χ1v) is 15.5. The molecule has 0 aliphatic carbocycles. The summed E-state index contributed by atoms with van der Waals surface area (Å²) in [6.45, 7) is 13.4. The minimum absolute atomic E-state index is 0. The monoisotopic (exact) mass is 600 g/mol. The first kappa shape index (κ1) is 35.8. The van der Waals surface area contributed by atoms with Gasteiger partial charge in [0.25, 0.3) is 0 Å². The first-order valence-electron chi connectivity index (χ1n) is 14.2. The summed E-state index contributed by atoms with van der Waals surface area (Å²) >= 11 is 0. The molecule has 0 amide bonds. The van der Waals surface area contributed by atoms with E-state index in [2.05, 4.69) is 45.2 Å². The molecule has 0 aromatic rings. The zero-order valence-corrected chi connectivity index (χ0v) is 25.5. The fourth-order valence-corrected chi connectivity index (χ4v) is 5.56.